The Kier molecular flexibility index (Phi) is 5.62. The average molecular weight is 296 g/mol. The monoisotopic (exact) mass is 296 g/mol. The molecule has 0 saturated carbocycles. The van der Waals surface area contributed by atoms with E-state index in [4.69, 9.17) is 5.11 Å². The van der Waals surface area contributed by atoms with Crippen LogP contribution in [0.1, 0.15) is 64.7 Å². The lowest BCUT2D eigenvalue weighted by Crippen LogP contribution is -2.58. The Bertz CT molecular complexity index is 378. The van der Waals surface area contributed by atoms with E-state index < -0.39 is 5.97 Å². The van der Waals surface area contributed by atoms with Crippen LogP contribution in [0, 0.1) is 0 Å². The van der Waals surface area contributed by atoms with E-state index in [-0.39, 0.29) is 23.9 Å². The van der Waals surface area contributed by atoms with Crippen molar-refractivity contribution in [1.29, 1.82) is 0 Å². The molecule has 2 aliphatic heterocycles. The molecule has 2 fully saturated rings. The van der Waals surface area contributed by atoms with Crippen molar-refractivity contribution in [2.75, 3.05) is 13.1 Å². The van der Waals surface area contributed by atoms with Gasteiger partial charge in [0, 0.05) is 19.0 Å². The Morgan fingerprint density at radius 3 is 2.76 bits per heavy atom. The van der Waals surface area contributed by atoms with Gasteiger partial charge in [0.2, 0.25) is 5.91 Å². The number of carboxylic acid groups (broad SMARTS) is 1. The molecule has 1 amide bonds. The van der Waals surface area contributed by atoms with Crippen LogP contribution in [0.3, 0.4) is 0 Å². The maximum absolute atomic E-state index is 13.1. The summed E-state index contributed by atoms with van der Waals surface area (Å²) in [5.74, 6) is -0.549. The molecular formula is C16H28N2O3. The molecular weight excluding hydrogens is 268 g/mol. The van der Waals surface area contributed by atoms with Gasteiger partial charge in [0.1, 0.15) is 0 Å². The molecule has 5 heteroatoms. The molecule has 2 saturated heterocycles. The van der Waals surface area contributed by atoms with Gasteiger partial charge >= 0.3 is 5.97 Å². The van der Waals surface area contributed by atoms with Crippen LogP contribution in [-0.4, -0.2) is 46.6 Å². The molecule has 2 heterocycles. The molecule has 5 nitrogen and oxygen atoms in total. The molecule has 2 aliphatic rings. The third-order valence-electron chi connectivity index (χ3n) is 4.91. The van der Waals surface area contributed by atoms with Gasteiger partial charge in [0.05, 0.1) is 5.54 Å². The molecule has 0 bridgehead atoms. The maximum atomic E-state index is 13.1. The number of carbonyl (C=O) groups is 2. The van der Waals surface area contributed by atoms with E-state index in [2.05, 4.69) is 12.2 Å². The first-order chi connectivity index (χ1) is 10.1. The standard InChI is InChI=1S/C16H28N2O3/c1-2-9-16(10-5-11-17-16)15(21)18-12-4-3-6-13(18)7-8-14(19)20/h13,17H,2-12H2,1H3,(H,19,20). The van der Waals surface area contributed by atoms with Crippen molar-refractivity contribution >= 4 is 11.9 Å². The third kappa shape index (κ3) is 3.76. The van der Waals surface area contributed by atoms with Crippen LogP contribution in [-0.2, 0) is 9.59 Å². The first-order valence-corrected chi connectivity index (χ1v) is 8.37. The summed E-state index contributed by atoms with van der Waals surface area (Å²) in [6.45, 7) is 3.82. The number of amides is 1. The van der Waals surface area contributed by atoms with Crippen molar-refractivity contribution in [2.45, 2.75) is 76.3 Å². The number of piperidine rings is 1. The van der Waals surface area contributed by atoms with Crippen LogP contribution in [0.15, 0.2) is 0 Å². The van der Waals surface area contributed by atoms with Gasteiger partial charge in [-0.15, -0.1) is 0 Å². The van der Waals surface area contributed by atoms with Gasteiger partial charge in [-0.05, 0) is 51.5 Å². The van der Waals surface area contributed by atoms with Gasteiger partial charge in [0.15, 0.2) is 0 Å². The summed E-state index contributed by atoms with van der Waals surface area (Å²) in [7, 11) is 0. The molecule has 21 heavy (non-hydrogen) atoms. The largest absolute Gasteiger partial charge is 0.481 e. The van der Waals surface area contributed by atoms with Gasteiger partial charge in [-0.2, -0.15) is 0 Å². The molecule has 0 aliphatic carbocycles. The normalized spacial score (nSPS) is 29.6. The summed E-state index contributed by atoms with van der Waals surface area (Å²) in [5, 5.41) is 12.3. The van der Waals surface area contributed by atoms with Crippen molar-refractivity contribution in [2.24, 2.45) is 0 Å². The highest BCUT2D eigenvalue weighted by molar-refractivity contribution is 5.87. The van der Waals surface area contributed by atoms with Crippen molar-refractivity contribution in [3.8, 4) is 0 Å². The molecule has 2 N–H and O–H groups in total. The number of nitrogens with one attached hydrogen (secondary N) is 1. The van der Waals surface area contributed by atoms with E-state index in [9.17, 15) is 9.59 Å². The molecule has 0 aromatic heterocycles. The fraction of sp³-hybridized carbons (Fsp3) is 0.875. The van der Waals surface area contributed by atoms with E-state index in [0.717, 1.165) is 58.0 Å². The minimum absolute atomic E-state index is 0.110. The van der Waals surface area contributed by atoms with E-state index in [1.807, 2.05) is 4.90 Å². The minimum atomic E-state index is -0.768. The number of hydrogen-bond acceptors (Lipinski definition) is 3. The summed E-state index contributed by atoms with van der Waals surface area (Å²) >= 11 is 0. The predicted octanol–water partition coefficient (Wildman–Crippen LogP) is 2.15. The van der Waals surface area contributed by atoms with Crippen molar-refractivity contribution < 1.29 is 14.7 Å². The SMILES string of the molecule is CCCC1(C(=O)N2CCCCC2CCC(=O)O)CCCN1. The summed E-state index contributed by atoms with van der Waals surface area (Å²) in [6.07, 6.45) is 7.68. The lowest BCUT2D eigenvalue weighted by Gasteiger charge is -2.41. The number of carbonyl (C=O) groups excluding carboxylic acids is 1. The van der Waals surface area contributed by atoms with Gasteiger partial charge in [-0.25, -0.2) is 0 Å². The number of rotatable bonds is 6. The highest BCUT2D eigenvalue weighted by atomic mass is 16.4. The molecule has 0 radical (unpaired) electrons. The van der Waals surface area contributed by atoms with E-state index >= 15 is 0 Å². The Balaban J connectivity index is 2.07. The maximum Gasteiger partial charge on any atom is 0.303 e. The van der Waals surface area contributed by atoms with Gasteiger partial charge in [-0.3, -0.25) is 9.59 Å². The number of carboxylic acids is 1. The second kappa shape index (κ2) is 7.25. The Hall–Kier alpha value is -1.10. The first kappa shape index (κ1) is 16.3. The van der Waals surface area contributed by atoms with Gasteiger partial charge in [-0.1, -0.05) is 13.3 Å². The number of hydrogen-bond donors (Lipinski definition) is 2. The number of nitrogens with zero attached hydrogens (tertiary/aromatic N) is 1. The van der Waals surface area contributed by atoms with Crippen molar-refractivity contribution in [3.05, 3.63) is 0 Å². The minimum Gasteiger partial charge on any atom is -0.481 e. The molecule has 0 aromatic carbocycles. The quantitative estimate of drug-likeness (QED) is 0.788. The first-order valence-electron chi connectivity index (χ1n) is 8.37. The summed E-state index contributed by atoms with van der Waals surface area (Å²) in [5.41, 5.74) is -0.381. The van der Waals surface area contributed by atoms with Gasteiger partial charge in [0.25, 0.3) is 0 Å². The second-order valence-corrected chi connectivity index (χ2v) is 6.44. The average Bonchev–Trinajstić information content (AvgIpc) is 2.95. The third-order valence-corrected chi connectivity index (χ3v) is 4.91. The second-order valence-electron chi connectivity index (χ2n) is 6.44. The van der Waals surface area contributed by atoms with E-state index in [1.54, 1.807) is 0 Å². The topological polar surface area (TPSA) is 69.6 Å². The molecule has 2 atom stereocenters. The summed E-state index contributed by atoms with van der Waals surface area (Å²) < 4.78 is 0. The Labute approximate surface area is 127 Å². The Morgan fingerprint density at radius 2 is 2.14 bits per heavy atom. The van der Waals surface area contributed by atoms with Crippen LogP contribution in [0.25, 0.3) is 0 Å². The highest BCUT2D eigenvalue weighted by Gasteiger charge is 2.44. The highest BCUT2D eigenvalue weighted by Crippen LogP contribution is 2.31. The zero-order valence-electron chi connectivity index (χ0n) is 13.1. The van der Waals surface area contributed by atoms with Crippen molar-refractivity contribution in [1.82, 2.24) is 10.2 Å². The van der Waals surface area contributed by atoms with Crippen LogP contribution < -0.4 is 5.32 Å². The molecule has 120 valence electrons. The van der Waals surface area contributed by atoms with Crippen LogP contribution in [0.4, 0.5) is 0 Å². The summed E-state index contributed by atoms with van der Waals surface area (Å²) in [6, 6.07) is 0.110. The van der Waals surface area contributed by atoms with Crippen LogP contribution in [0.2, 0.25) is 0 Å². The Morgan fingerprint density at radius 1 is 1.33 bits per heavy atom. The number of likely N-dealkylation sites (tertiary alicyclic amines) is 1. The van der Waals surface area contributed by atoms with Crippen LogP contribution >= 0.6 is 0 Å². The molecule has 0 spiro atoms. The fourth-order valence-corrected chi connectivity index (χ4v) is 3.87. The zero-order chi connectivity index (χ0) is 15.3. The van der Waals surface area contributed by atoms with E-state index in [1.165, 1.54) is 0 Å². The zero-order valence-corrected chi connectivity index (χ0v) is 13.1. The summed E-state index contributed by atoms with van der Waals surface area (Å²) in [4.78, 5) is 25.9. The fourth-order valence-electron chi connectivity index (χ4n) is 3.87. The lowest BCUT2D eigenvalue weighted by atomic mass is 9.87. The van der Waals surface area contributed by atoms with Crippen LogP contribution in [0.5, 0.6) is 0 Å². The lowest BCUT2D eigenvalue weighted by molar-refractivity contribution is -0.144. The molecule has 2 unspecified atom stereocenters. The van der Waals surface area contributed by atoms with Crippen molar-refractivity contribution in [3.63, 3.8) is 0 Å². The molecule has 2 rings (SSSR count). The predicted molar refractivity (Wildman–Crippen MR) is 81.1 cm³/mol. The molecule has 0 aromatic rings. The van der Waals surface area contributed by atoms with E-state index in [0.29, 0.717) is 6.42 Å². The number of aliphatic carboxylic acids is 1. The smallest absolute Gasteiger partial charge is 0.303 e. The van der Waals surface area contributed by atoms with Gasteiger partial charge < -0.3 is 15.3 Å².